The summed E-state index contributed by atoms with van der Waals surface area (Å²) >= 11 is 0. The third-order valence-corrected chi connectivity index (χ3v) is 0.957. The van der Waals surface area contributed by atoms with Crippen molar-refractivity contribution in [3.8, 4) is 0 Å². The first kappa shape index (κ1) is 14.9. The van der Waals surface area contributed by atoms with Crippen LogP contribution >= 0.6 is 0 Å². The van der Waals surface area contributed by atoms with Crippen molar-refractivity contribution in [2.45, 2.75) is 13.8 Å². The number of carbonyl (C=O) groups is 2. The van der Waals surface area contributed by atoms with Crippen molar-refractivity contribution >= 4 is 11.9 Å². The van der Waals surface area contributed by atoms with Crippen LogP contribution in [0.4, 0.5) is 0 Å². The maximum Gasteiger partial charge on any atom is 0.330 e. The minimum atomic E-state index is -0.394. The number of esters is 2. The second kappa shape index (κ2) is 11.4. The summed E-state index contributed by atoms with van der Waals surface area (Å²) in [6.07, 6.45) is 4.15. The molecule has 0 aromatic rings. The van der Waals surface area contributed by atoms with Crippen LogP contribution in [0.15, 0.2) is 24.8 Å². The maximum atomic E-state index is 10.3. The highest BCUT2D eigenvalue weighted by atomic mass is 16.5. The van der Waals surface area contributed by atoms with E-state index < -0.39 is 5.97 Å². The van der Waals surface area contributed by atoms with E-state index in [9.17, 15) is 9.59 Å². The Labute approximate surface area is 84.2 Å². The Morgan fingerprint density at radius 3 is 2.14 bits per heavy atom. The number of carbonyl (C=O) groups excluding carboxylic acids is 2. The molecule has 0 saturated heterocycles. The third-order valence-electron chi connectivity index (χ3n) is 0.957. The third kappa shape index (κ3) is 13.0. The molecule has 0 aliphatic carbocycles. The molecule has 0 aromatic heterocycles. The average Bonchev–Trinajstić information content (AvgIpc) is 2.18. The van der Waals surface area contributed by atoms with Crippen LogP contribution in [-0.2, 0) is 19.1 Å². The van der Waals surface area contributed by atoms with Crippen molar-refractivity contribution in [3.63, 3.8) is 0 Å². The van der Waals surface area contributed by atoms with Crippen molar-refractivity contribution in [3.05, 3.63) is 24.8 Å². The van der Waals surface area contributed by atoms with Gasteiger partial charge in [0.1, 0.15) is 0 Å². The number of methoxy groups -OCH3 is 1. The van der Waals surface area contributed by atoms with Gasteiger partial charge >= 0.3 is 11.9 Å². The first-order valence-electron chi connectivity index (χ1n) is 4.12. The van der Waals surface area contributed by atoms with Crippen molar-refractivity contribution in [2.75, 3.05) is 13.7 Å². The standard InChI is InChI=1S/C6H10O2.C4H6O2/c1-3-5-6(7)8-4-2;1-3-4(5)6-2/h3,5H,4H2,1-2H3;3H,1H2,2H3. The molecule has 0 fully saturated rings. The molecule has 0 radical (unpaired) electrons. The van der Waals surface area contributed by atoms with Crippen LogP contribution in [0.5, 0.6) is 0 Å². The van der Waals surface area contributed by atoms with Crippen LogP contribution in [0.25, 0.3) is 0 Å². The average molecular weight is 200 g/mol. The van der Waals surface area contributed by atoms with Gasteiger partial charge in [0.15, 0.2) is 0 Å². The summed E-state index contributed by atoms with van der Waals surface area (Å²) in [5.41, 5.74) is 0. The summed E-state index contributed by atoms with van der Waals surface area (Å²) in [5.74, 6) is -0.662. The van der Waals surface area contributed by atoms with Gasteiger partial charge in [-0.3, -0.25) is 0 Å². The molecular formula is C10H16O4. The second-order valence-electron chi connectivity index (χ2n) is 1.98. The first-order valence-corrected chi connectivity index (χ1v) is 4.12. The van der Waals surface area contributed by atoms with Crippen LogP contribution < -0.4 is 0 Å². The van der Waals surface area contributed by atoms with Crippen LogP contribution in [0.3, 0.4) is 0 Å². The SMILES string of the molecule is C=CC(=O)OC.CC=CC(=O)OCC. The summed E-state index contributed by atoms with van der Waals surface area (Å²) in [6.45, 7) is 7.16. The Morgan fingerprint density at radius 1 is 1.36 bits per heavy atom. The lowest BCUT2D eigenvalue weighted by molar-refractivity contribution is -0.137. The zero-order valence-electron chi connectivity index (χ0n) is 8.78. The molecule has 4 nitrogen and oxygen atoms in total. The van der Waals surface area contributed by atoms with Gasteiger partial charge in [-0.05, 0) is 13.8 Å². The molecule has 0 aliphatic heterocycles. The molecule has 0 saturated carbocycles. The minimum Gasteiger partial charge on any atom is -0.466 e. The molecule has 14 heavy (non-hydrogen) atoms. The van der Waals surface area contributed by atoms with Gasteiger partial charge in [-0.15, -0.1) is 0 Å². The van der Waals surface area contributed by atoms with E-state index >= 15 is 0 Å². The molecule has 0 aromatic carbocycles. The molecule has 0 heterocycles. The van der Waals surface area contributed by atoms with E-state index in [0.717, 1.165) is 6.08 Å². The van der Waals surface area contributed by atoms with E-state index in [1.165, 1.54) is 13.2 Å². The number of hydrogen-bond donors (Lipinski definition) is 0. The second-order valence-corrected chi connectivity index (χ2v) is 1.98. The predicted octanol–water partition coefficient (Wildman–Crippen LogP) is 1.47. The molecule has 0 atom stereocenters. The lowest BCUT2D eigenvalue weighted by Gasteiger charge is -1.91. The quantitative estimate of drug-likeness (QED) is 0.511. The van der Waals surface area contributed by atoms with E-state index in [2.05, 4.69) is 16.1 Å². The normalized spacial score (nSPS) is 8.50. The van der Waals surface area contributed by atoms with Gasteiger partial charge in [0.25, 0.3) is 0 Å². The fourth-order valence-electron chi connectivity index (χ4n) is 0.410. The summed E-state index contributed by atoms with van der Waals surface area (Å²) in [5, 5.41) is 0. The molecule has 0 rings (SSSR count). The summed E-state index contributed by atoms with van der Waals surface area (Å²) in [7, 11) is 1.31. The summed E-state index contributed by atoms with van der Waals surface area (Å²) in [4.78, 5) is 20.2. The van der Waals surface area contributed by atoms with Gasteiger partial charge in [0, 0.05) is 12.2 Å². The van der Waals surface area contributed by atoms with Crippen LogP contribution in [0.2, 0.25) is 0 Å². The topological polar surface area (TPSA) is 52.6 Å². The number of ether oxygens (including phenoxy) is 2. The molecule has 4 heteroatoms. The van der Waals surface area contributed by atoms with Crippen LogP contribution in [-0.4, -0.2) is 25.7 Å². The van der Waals surface area contributed by atoms with Crippen molar-refractivity contribution < 1.29 is 19.1 Å². The molecule has 0 bridgehead atoms. The number of rotatable bonds is 3. The highest BCUT2D eigenvalue weighted by Gasteiger charge is 1.88. The van der Waals surface area contributed by atoms with Crippen molar-refractivity contribution in [1.82, 2.24) is 0 Å². The van der Waals surface area contributed by atoms with Crippen molar-refractivity contribution in [2.24, 2.45) is 0 Å². The van der Waals surface area contributed by atoms with E-state index in [0.29, 0.717) is 6.61 Å². The van der Waals surface area contributed by atoms with Crippen molar-refractivity contribution in [1.29, 1.82) is 0 Å². The lowest BCUT2D eigenvalue weighted by atomic mass is 10.5. The Bertz CT molecular complexity index is 206. The number of allylic oxidation sites excluding steroid dienone is 1. The van der Waals surface area contributed by atoms with Gasteiger partial charge < -0.3 is 9.47 Å². The van der Waals surface area contributed by atoms with Gasteiger partial charge in [-0.1, -0.05) is 12.7 Å². The highest BCUT2D eigenvalue weighted by Crippen LogP contribution is 1.78. The Kier molecular flexibility index (Phi) is 12.2. The summed E-state index contributed by atoms with van der Waals surface area (Å²) in [6, 6.07) is 0. The van der Waals surface area contributed by atoms with Gasteiger partial charge in [0.05, 0.1) is 13.7 Å². The van der Waals surface area contributed by atoms with Gasteiger partial charge in [0.2, 0.25) is 0 Å². The monoisotopic (exact) mass is 200 g/mol. The molecule has 0 amide bonds. The molecule has 0 spiro atoms. The van der Waals surface area contributed by atoms with E-state index in [1.54, 1.807) is 19.9 Å². The Balaban J connectivity index is 0. The molecule has 80 valence electrons. The predicted molar refractivity (Wildman–Crippen MR) is 53.7 cm³/mol. The minimum absolute atomic E-state index is 0.269. The number of hydrogen-bond acceptors (Lipinski definition) is 4. The van der Waals surface area contributed by atoms with E-state index in [4.69, 9.17) is 0 Å². The fraction of sp³-hybridized carbons (Fsp3) is 0.400. The molecule has 0 aliphatic rings. The Hall–Kier alpha value is -1.58. The highest BCUT2D eigenvalue weighted by molar-refractivity contribution is 5.81. The lowest BCUT2D eigenvalue weighted by Crippen LogP contribution is -1.98. The zero-order valence-corrected chi connectivity index (χ0v) is 8.78. The molecular weight excluding hydrogens is 184 g/mol. The summed E-state index contributed by atoms with van der Waals surface area (Å²) < 4.78 is 8.70. The maximum absolute atomic E-state index is 10.3. The van der Waals surface area contributed by atoms with Gasteiger partial charge in [-0.25, -0.2) is 9.59 Å². The first-order chi connectivity index (χ1) is 6.62. The zero-order chi connectivity index (χ0) is 11.4. The molecule has 0 unspecified atom stereocenters. The smallest absolute Gasteiger partial charge is 0.330 e. The largest absolute Gasteiger partial charge is 0.466 e. The fourth-order valence-corrected chi connectivity index (χ4v) is 0.410. The van der Waals surface area contributed by atoms with Crippen LogP contribution in [0, 0.1) is 0 Å². The van der Waals surface area contributed by atoms with Gasteiger partial charge in [-0.2, -0.15) is 0 Å². The molecule has 0 N–H and O–H groups in total. The van der Waals surface area contributed by atoms with Crippen LogP contribution in [0.1, 0.15) is 13.8 Å². The van der Waals surface area contributed by atoms with E-state index in [1.807, 2.05) is 0 Å². The van der Waals surface area contributed by atoms with E-state index in [-0.39, 0.29) is 5.97 Å². The Morgan fingerprint density at radius 2 is 1.93 bits per heavy atom.